The Kier molecular flexibility index (Phi) is 6.05. The monoisotopic (exact) mass is 259 g/mol. The van der Waals surface area contributed by atoms with Crippen LogP contribution in [0.2, 0.25) is 0 Å². The maximum absolute atomic E-state index is 4.60. The van der Waals surface area contributed by atoms with E-state index in [-0.39, 0.29) is 0 Å². The summed E-state index contributed by atoms with van der Waals surface area (Å²) in [5, 5.41) is 9.91. The molecule has 2 bridgehead atoms. The molecule has 2 heterocycles. The number of aromatic nitrogens is 1. The maximum atomic E-state index is 4.60. The van der Waals surface area contributed by atoms with Gasteiger partial charge >= 0.3 is 0 Å². The molecule has 0 amide bonds. The molecular weight excluding hydrogens is 238 g/mol. The van der Waals surface area contributed by atoms with Crippen molar-refractivity contribution in [2.75, 3.05) is 26.2 Å². The van der Waals surface area contributed by atoms with E-state index in [1.807, 2.05) is 24.6 Å². The van der Waals surface area contributed by atoms with Gasteiger partial charge in [-0.25, -0.2) is 0 Å². The van der Waals surface area contributed by atoms with E-state index in [2.05, 4.69) is 38.1 Å². The summed E-state index contributed by atoms with van der Waals surface area (Å²) in [5.41, 5.74) is 2.16. The zero-order chi connectivity index (χ0) is 13.2. The number of rotatable bonds is 0. The Labute approximate surface area is 114 Å². The van der Waals surface area contributed by atoms with E-state index in [1.165, 1.54) is 0 Å². The highest BCUT2D eigenvalue weighted by molar-refractivity contribution is 5.70. The van der Waals surface area contributed by atoms with Gasteiger partial charge < -0.3 is 16.0 Å². The molecule has 0 saturated carbocycles. The van der Waals surface area contributed by atoms with E-state index in [0.29, 0.717) is 0 Å². The summed E-state index contributed by atoms with van der Waals surface area (Å²) in [6, 6.07) is 6.16. The minimum Gasteiger partial charge on any atom is -0.390 e. The van der Waals surface area contributed by atoms with Gasteiger partial charge in [0, 0.05) is 38.9 Å². The number of allylic oxidation sites excluding steroid dienone is 1. The minimum absolute atomic E-state index is 0.783. The van der Waals surface area contributed by atoms with Crippen LogP contribution in [0.3, 0.4) is 0 Å². The molecule has 5 nitrogen and oxygen atoms in total. The van der Waals surface area contributed by atoms with Crippen molar-refractivity contribution in [1.29, 1.82) is 0 Å². The molecule has 1 aromatic rings. The van der Waals surface area contributed by atoms with Gasteiger partial charge in [0.15, 0.2) is 0 Å². The molecule has 2 rings (SSSR count). The first-order valence-corrected chi connectivity index (χ1v) is 6.70. The van der Waals surface area contributed by atoms with Gasteiger partial charge in [-0.15, -0.1) is 0 Å². The van der Waals surface area contributed by atoms with Crippen LogP contribution in [0.1, 0.15) is 11.4 Å². The van der Waals surface area contributed by atoms with Gasteiger partial charge in [0.2, 0.25) is 0 Å². The predicted molar refractivity (Wildman–Crippen MR) is 78.2 cm³/mol. The number of nitrogens with one attached hydrogen (secondary N) is 3. The average Bonchev–Trinajstić information content (AvgIpc) is 2.43. The van der Waals surface area contributed by atoms with Crippen molar-refractivity contribution in [3.8, 4) is 0 Å². The first-order valence-electron chi connectivity index (χ1n) is 6.70. The Bertz CT molecular complexity index is 428. The summed E-state index contributed by atoms with van der Waals surface area (Å²) >= 11 is 0. The lowest BCUT2D eigenvalue weighted by molar-refractivity contribution is 0.642. The van der Waals surface area contributed by atoms with Gasteiger partial charge in [-0.2, -0.15) is 0 Å². The molecule has 0 aliphatic carbocycles. The Morgan fingerprint density at radius 3 is 2.58 bits per heavy atom. The molecule has 0 spiro atoms. The molecule has 0 unspecified atom stereocenters. The lowest BCUT2D eigenvalue weighted by Gasteiger charge is -2.07. The van der Waals surface area contributed by atoms with Crippen molar-refractivity contribution < 1.29 is 0 Å². The Balaban J connectivity index is 1.92. The second-order valence-electron chi connectivity index (χ2n) is 4.34. The minimum atomic E-state index is 0.783. The summed E-state index contributed by atoms with van der Waals surface area (Å²) in [6.45, 7) is 5.05. The number of aliphatic imine (C=N–C) groups is 1. The van der Waals surface area contributed by atoms with Crippen molar-refractivity contribution in [3.05, 3.63) is 41.9 Å². The summed E-state index contributed by atoms with van der Waals surface area (Å²) in [6.07, 6.45) is 5.67. The molecular formula is C14H21N5. The molecule has 5 heteroatoms. The van der Waals surface area contributed by atoms with Crippen molar-refractivity contribution in [2.24, 2.45) is 4.99 Å². The number of hydrogen-bond donors (Lipinski definition) is 3. The summed E-state index contributed by atoms with van der Waals surface area (Å²) in [7, 11) is 0. The first kappa shape index (κ1) is 13.7. The third-order valence-electron chi connectivity index (χ3n) is 2.75. The first-order chi connectivity index (χ1) is 9.45. The number of pyridine rings is 1. The van der Waals surface area contributed by atoms with Gasteiger partial charge in [-0.1, -0.05) is 6.07 Å². The van der Waals surface area contributed by atoms with Crippen LogP contribution in [-0.4, -0.2) is 37.4 Å². The average molecular weight is 259 g/mol. The summed E-state index contributed by atoms with van der Waals surface area (Å²) < 4.78 is 0. The zero-order valence-corrected chi connectivity index (χ0v) is 11.1. The van der Waals surface area contributed by atoms with E-state index < -0.39 is 0 Å². The smallest absolute Gasteiger partial charge is 0.0545 e. The second-order valence-corrected chi connectivity index (χ2v) is 4.34. The molecule has 0 radical (unpaired) electrons. The number of hydrogen-bond acceptors (Lipinski definition) is 5. The Morgan fingerprint density at radius 1 is 0.947 bits per heavy atom. The number of fused-ring (bicyclic) bond motifs is 2. The van der Waals surface area contributed by atoms with Crippen LogP contribution in [0.15, 0.2) is 35.5 Å². The van der Waals surface area contributed by atoms with Gasteiger partial charge in [-0.05, 0) is 24.4 Å². The van der Waals surface area contributed by atoms with Gasteiger partial charge in [0.25, 0.3) is 0 Å². The zero-order valence-electron chi connectivity index (χ0n) is 11.1. The van der Waals surface area contributed by atoms with E-state index >= 15 is 0 Å². The summed E-state index contributed by atoms with van der Waals surface area (Å²) in [4.78, 5) is 8.89. The molecule has 1 aliphatic heterocycles. The van der Waals surface area contributed by atoms with Crippen LogP contribution in [0, 0.1) is 0 Å². The van der Waals surface area contributed by atoms with E-state index in [4.69, 9.17) is 0 Å². The van der Waals surface area contributed by atoms with E-state index in [0.717, 1.165) is 50.7 Å². The molecule has 19 heavy (non-hydrogen) atoms. The SMILES string of the molecule is C1=NCCNCc2cccc(n2)CNCCN/C=C/1. The van der Waals surface area contributed by atoms with E-state index in [1.54, 1.807) is 0 Å². The molecule has 3 N–H and O–H groups in total. The quantitative estimate of drug-likeness (QED) is 0.633. The van der Waals surface area contributed by atoms with Crippen LogP contribution in [0.4, 0.5) is 0 Å². The third kappa shape index (κ3) is 5.63. The molecule has 0 fully saturated rings. The van der Waals surface area contributed by atoms with Crippen molar-refractivity contribution in [3.63, 3.8) is 0 Å². The van der Waals surface area contributed by atoms with Crippen molar-refractivity contribution >= 4 is 6.21 Å². The predicted octanol–water partition coefficient (Wildman–Crippen LogP) is 0.449. The second kappa shape index (κ2) is 8.39. The van der Waals surface area contributed by atoms with Crippen LogP contribution < -0.4 is 16.0 Å². The van der Waals surface area contributed by atoms with Crippen molar-refractivity contribution in [1.82, 2.24) is 20.9 Å². The van der Waals surface area contributed by atoms with Crippen molar-refractivity contribution in [2.45, 2.75) is 13.1 Å². The van der Waals surface area contributed by atoms with Crippen LogP contribution in [0.25, 0.3) is 0 Å². The highest BCUT2D eigenvalue weighted by Gasteiger charge is 1.98. The molecule has 0 aromatic carbocycles. The van der Waals surface area contributed by atoms with E-state index in [9.17, 15) is 0 Å². The fourth-order valence-corrected chi connectivity index (χ4v) is 1.79. The van der Waals surface area contributed by atoms with Gasteiger partial charge in [0.05, 0.1) is 17.9 Å². The molecule has 1 aliphatic rings. The fourth-order valence-electron chi connectivity index (χ4n) is 1.79. The number of nitrogens with zero attached hydrogens (tertiary/aromatic N) is 2. The Hall–Kier alpha value is -1.72. The molecule has 0 atom stereocenters. The highest BCUT2D eigenvalue weighted by Crippen LogP contribution is 1.99. The van der Waals surface area contributed by atoms with Crippen LogP contribution in [0.5, 0.6) is 0 Å². The third-order valence-corrected chi connectivity index (χ3v) is 2.75. The lowest BCUT2D eigenvalue weighted by atomic mass is 10.3. The Morgan fingerprint density at radius 2 is 1.74 bits per heavy atom. The standard InChI is InChI=1S/C14H21N5/c1-3-13-11-17-9-7-15-5-2-6-16-8-10-18-12-14(4-1)19-13/h1-6,15,17-18H,7-12H2/b5-2+,16-6?. The topological polar surface area (TPSA) is 61.3 Å². The molecule has 0 saturated heterocycles. The van der Waals surface area contributed by atoms with Crippen LogP contribution >= 0.6 is 0 Å². The highest BCUT2D eigenvalue weighted by atomic mass is 15.0. The van der Waals surface area contributed by atoms with Crippen LogP contribution in [-0.2, 0) is 13.1 Å². The maximum Gasteiger partial charge on any atom is 0.0545 e. The largest absolute Gasteiger partial charge is 0.390 e. The lowest BCUT2D eigenvalue weighted by Crippen LogP contribution is -2.25. The molecule has 102 valence electrons. The summed E-state index contributed by atoms with van der Waals surface area (Å²) in [5.74, 6) is 0. The van der Waals surface area contributed by atoms with Gasteiger partial charge in [0.1, 0.15) is 0 Å². The van der Waals surface area contributed by atoms with Gasteiger partial charge in [-0.3, -0.25) is 9.98 Å². The fraction of sp³-hybridized carbons (Fsp3) is 0.429. The normalized spacial score (nSPS) is 19.6. The molecule has 1 aromatic heterocycles.